The van der Waals surface area contributed by atoms with Crippen molar-refractivity contribution in [2.75, 3.05) is 13.2 Å². The van der Waals surface area contributed by atoms with Crippen molar-refractivity contribution in [3.05, 3.63) is 106 Å². The van der Waals surface area contributed by atoms with Gasteiger partial charge in [-0.3, -0.25) is 9.59 Å². The lowest BCUT2D eigenvalue weighted by Gasteiger charge is -2.25. The number of hydrogen-bond acceptors (Lipinski definition) is 4. The number of ketones is 1. The molecule has 1 saturated heterocycles. The van der Waals surface area contributed by atoms with E-state index in [1.54, 1.807) is 29.2 Å². The topological polar surface area (TPSA) is 82.6 Å². The number of para-hydroxylation sites is 1. The number of carbonyl (C=O) groups is 2. The van der Waals surface area contributed by atoms with Crippen molar-refractivity contribution in [2.24, 2.45) is 0 Å². The number of Topliss-reactive ketones (excluding diaryl/α,β-unsaturated/α-hetero) is 1. The lowest BCUT2D eigenvalue weighted by Crippen LogP contribution is -2.31. The molecule has 1 atom stereocenters. The number of carbonyl (C=O) groups excluding carboxylic acids is 2. The molecular formula is C29H25BrN2O4. The van der Waals surface area contributed by atoms with Crippen molar-refractivity contribution < 1.29 is 19.4 Å². The Morgan fingerprint density at radius 3 is 2.47 bits per heavy atom. The van der Waals surface area contributed by atoms with Gasteiger partial charge in [0.2, 0.25) is 0 Å². The number of benzene rings is 3. The molecule has 5 rings (SSSR count). The molecule has 182 valence electrons. The molecule has 0 saturated carbocycles. The number of halogens is 1. The van der Waals surface area contributed by atoms with E-state index in [4.69, 9.17) is 4.74 Å². The van der Waals surface area contributed by atoms with Gasteiger partial charge < -0.3 is 19.7 Å². The van der Waals surface area contributed by atoms with Gasteiger partial charge in [0.25, 0.3) is 11.7 Å². The van der Waals surface area contributed by atoms with E-state index in [-0.39, 0.29) is 11.3 Å². The van der Waals surface area contributed by atoms with E-state index in [1.807, 2.05) is 61.7 Å². The first-order valence-electron chi connectivity index (χ1n) is 11.8. The Morgan fingerprint density at radius 2 is 1.75 bits per heavy atom. The third kappa shape index (κ3) is 4.42. The van der Waals surface area contributed by atoms with Gasteiger partial charge >= 0.3 is 0 Å². The Balaban J connectivity index is 1.55. The molecule has 0 spiro atoms. The predicted molar refractivity (Wildman–Crippen MR) is 143 cm³/mol. The summed E-state index contributed by atoms with van der Waals surface area (Å²) >= 11 is 3.39. The molecule has 1 fully saturated rings. The maximum Gasteiger partial charge on any atom is 0.295 e. The maximum absolute atomic E-state index is 13.3. The second-order valence-corrected chi connectivity index (χ2v) is 9.53. The summed E-state index contributed by atoms with van der Waals surface area (Å²) in [5, 5.41) is 12.3. The minimum Gasteiger partial charge on any atom is -0.507 e. The summed E-state index contributed by atoms with van der Waals surface area (Å²) in [6.07, 6.45) is 2.50. The molecule has 2 heterocycles. The van der Waals surface area contributed by atoms with Gasteiger partial charge in [-0.1, -0.05) is 58.4 Å². The van der Waals surface area contributed by atoms with Crippen molar-refractivity contribution >= 4 is 44.3 Å². The molecule has 1 aliphatic rings. The number of hydrogen-bond donors (Lipinski definition) is 2. The Kier molecular flexibility index (Phi) is 6.65. The fourth-order valence-corrected chi connectivity index (χ4v) is 4.98. The van der Waals surface area contributed by atoms with Crippen LogP contribution < -0.4 is 4.74 Å². The van der Waals surface area contributed by atoms with Gasteiger partial charge in [-0.05, 0) is 54.8 Å². The van der Waals surface area contributed by atoms with E-state index in [0.717, 1.165) is 26.5 Å². The molecule has 7 heteroatoms. The van der Waals surface area contributed by atoms with Crippen molar-refractivity contribution in [3.63, 3.8) is 0 Å². The highest BCUT2D eigenvalue weighted by atomic mass is 79.9. The van der Waals surface area contributed by atoms with Crippen LogP contribution in [0, 0.1) is 0 Å². The largest absolute Gasteiger partial charge is 0.507 e. The molecule has 0 bridgehead atoms. The second kappa shape index (κ2) is 10.0. The van der Waals surface area contributed by atoms with Crippen LogP contribution in [0.3, 0.4) is 0 Å². The number of fused-ring (bicyclic) bond motifs is 1. The summed E-state index contributed by atoms with van der Waals surface area (Å²) in [6.45, 7) is 2.76. The maximum atomic E-state index is 13.3. The highest BCUT2D eigenvalue weighted by Crippen LogP contribution is 2.40. The minimum absolute atomic E-state index is 0.0883. The molecule has 1 aromatic heterocycles. The lowest BCUT2D eigenvalue weighted by atomic mass is 9.95. The minimum atomic E-state index is -0.713. The van der Waals surface area contributed by atoms with E-state index < -0.39 is 17.7 Å². The van der Waals surface area contributed by atoms with Gasteiger partial charge in [0.05, 0.1) is 18.2 Å². The van der Waals surface area contributed by atoms with E-state index in [9.17, 15) is 14.7 Å². The number of aliphatic hydroxyl groups is 1. The molecule has 0 aliphatic carbocycles. The van der Waals surface area contributed by atoms with Gasteiger partial charge in [-0.15, -0.1) is 0 Å². The number of nitrogens with zero attached hydrogens (tertiary/aromatic N) is 1. The molecule has 36 heavy (non-hydrogen) atoms. The zero-order valence-electron chi connectivity index (χ0n) is 19.7. The lowest BCUT2D eigenvalue weighted by molar-refractivity contribution is -0.139. The van der Waals surface area contributed by atoms with Crippen LogP contribution in [0.1, 0.15) is 29.7 Å². The van der Waals surface area contributed by atoms with Crippen LogP contribution in [0.4, 0.5) is 0 Å². The Morgan fingerprint density at radius 1 is 1.03 bits per heavy atom. The van der Waals surface area contributed by atoms with E-state index in [0.29, 0.717) is 30.9 Å². The Labute approximate surface area is 217 Å². The quantitative estimate of drug-likeness (QED) is 0.170. The van der Waals surface area contributed by atoms with Crippen molar-refractivity contribution in [2.45, 2.75) is 19.4 Å². The molecule has 2 N–H and O–H groups in total. The van der Waals surface area contributed by atoms with Crippen LogP contribution in [0.15, 0.2) is 89.0 Å². The number of nitrogens with one attached hydrogen (secondary N) is 1. The zero-order chi connectivity index (χ0) is 25.2. The third-order valence-corrected chi connectivity index (χ3v) is 6.99. The van der Waals surface area contributed by atoms with Crippen LogP contribution >= 0.6 is 15.9 Å². The average Bonchev–Trinajstić information content (AvgIpc) is 3.42. The summed E-state index contributed by atoms with van der Waals surface area (Å²) in [4.78, 5) is 31.4. The van der Waals surface area contributed by atoms with Gasteiger partial charge in [0.15, 0.2) is 0 Å². The fourth-order valence-electron chi connectivity index (χ4n) is 4.71. The normalized spacial score (nSPS) is 17.2. The Bertz CT molecular complexity index is 1450. The summed E-state index contributed by atoms with van der Waals surface area (Å²) in [7, 11) is 0. The number of H-pyrrole nitrogens is 1. The zero-order valence-corrected chi connectivity index (χ0v) is 21.3. The Hall–Kier alpha value is -3.84. The molecule has 4 aromatic rings. The first-order chi connectivity index (χ1) is 17.5. The van der Waals surface area contributed by atoms with Crippen LogP contribution in [0.2, 0.25) is 0 Å². The standard InChI is InChI=1S/C29H25BrN2O4/c1-2-36-22-13-9-18(10-14-22)26-25(27(33)19-7-11-21(30)12-8-19)28(34)29(35)32(26)16-15-20-17-31-24-6-4-3-5-23(20)24/h3-14,17,26,31,33H,2,15-16H2,1H3/t26-/m1/s1. The molecule has 1 aliphatic heterocycles. The van der Waals surface area contributed by atoms with Gasteiger partial charge in [-0.2, -0.15) is 0 Å². The number of aromatic amines is 1. The SMILES string of the molecule is CCOc1ccc([C@@H]2C(=C(O)c3ccc(Br)cc3)C(=O)C(=O)N2CCc2c[nH]c3ccccc23)cc1. The van der Waals surface area contributed by atoms with E-state index in [1.165, 1.54) is 0 Å². The van der Waals surface area contributed by atoms with Crippen molar-refractivity contribution in [3.8, 4) is 5.75 Å². The number of rotatable bonds is 7. The summed E-state index contributed by atoms with van der Waals surface area (Å²) < 4.78 is 6.42. The summed E-state index contributed by atoms with van der Waals surface area (Å²) in [5.74, 6) is -0.792. The fraction of sp³-hybridized carbons (Fsp3) is 0.172. The number of amides is 1. The highest BCUT2D eigenvalue weighted by Gasteiger charge is 2.45. The number of aliphatic hydroxyl groups excluding tert-OH is 1. The highest BCUT2D eigenvalue weighted by molar-refractivity contribution is 9.10. The van der Waals surface area contributed by atoms with Gasteiger partial charge in [-0.25, -0.2) is 0 Å². The van der Waals surface area contributed by atoms with Crippen molar-refractivity contribution in [1.82, 2.24) is 9.88 Å². The van der Waals surface area contributed by atoms with E-state index in [2.05, 4.69) is 20.9 Å². The molecule has 0 unspecified atom stereocenters. The van der Waals surface area contributed by atoms with Gasteiger partial charge in [0, 0.05) is 33.7 Å². The predicted octanol–water partition coefficient (Wildman–Crippen LogP) is 5.99. The third-order valence-electron chi connectivity index (χ3n) is 6.46. The molecule has 6 nitrogen and oxygen atoms in total. The molecular weight excluding hydrogens is 520 g/mol. The monoisotopic (exact) mass is 544 g/mol. The van der Waals surface area contributed by atoms with Crippen molar-refractivity contribution in [1.29, 1.82) is 0 Å². The number of aromatic nitrogens is 1. The van der Waals surface area contributed by atoms with Gasteiger partial charge in [0.1, 0.15) is 11.5 Å². The van der Waals surface area contributed by atoms with Crippen LogP contribution in [-0.2, 0) is 16.0 Å². The molecule has 3 aromatic carbocycles. The average molecular weight is 545 g/mol. The summed E-state index contributed by atoms with van der Waals surface area (Å²) in [5.41, 5.74) is 3.38. The van der Waals surface area contributed by atoms with Crippen LogP contribution in [-0.4, -0.2) is 39.8 Å². The summed E-state index contributed by atoms with van der Waals surface area (Å²) in [6, 6.07) is 21.6. The molecule has 0 radical (unpaired) electrons. The first kappa shape index (κ1) is 23.9. The number of ether oxygens (including phenoxy) is 1. The van der Waals surface area contributed by atoms with E-state index >= 15 is 0 Å². The number of likely N-dealkylation sites (tertiary alicyclic amines) is 1. The molecule has 1 amide bonds. The van der Waals surface area contributed by atoms with Crippen LogP contribution in [0.5, 0.6) is 5.75 Å². The van der Waals surface area contributed by atoms with Crippen LogP contribution in [0.25, 0.3) is 16.7 Å². The first-order valence-corrected chi connectivity index (χ1v) is 12.6. The smallest absolute Gasteiger partial charge is 0.295 e. The second-order valence-electron chi connectivity index (χ2n) is 8.61.